The van der Waals surface area contributed by atoms with Crippen LogP contribution in [0.1, 0.15) is 10.4 Å². The van der Waals surface area contributed by atoms with E-state index in [1.54, 1.807) is 23.0 Å². The van der Waals surface area contributed by atoms with Crippen LogP contribution in [0.2, 0.25) is 0 Å². The zero-order valence-corrected chi connectivity index (χ0v) is 17.0. The summed E-state index contributed by atoms with van der Waals surface area (Å²) in [6.07, 6.45) is 5.41. The van der Waals surface area contributed by atoms with E-state index in [0.717, 1.165) is 40.9 Å². The Morgan fingerprint density at radius 1 is 1.06 bits per heavy atom. The van der Waals surface area contributed by atoms with Crippen molar-refractivity contribution < 1.29 is 9.53 Å². The van der Waals surface area contributed by atoms with Gasteiger partial charge in [0.05, 0.1) is 24.9 Å². The summed E-state index contributed by atoms with van der Waals surface area (Å²) in [7, 11) is 1.88. The van der Waals surface area contributed by atoms with E-state index in [1.807, 2.05) is 43.7 Å². The number of benzene rings is 1. The minimum absolute atomic E-state index is 0.256. The van der Waals surface area contributed by atoms with Gasteiger partial charge in [-0.15, -0.1) is 10.2 Å². The molecular weight excluding hydrogens is 394 g/mol. The molecule has 5 rings (SSSR count). The predicted octanol–water partition coefficient (Wildman–Crippen LogP) is 2.51. The summed E-state index contributed by atoms with van der Waals surface area (Å²) in [5.74, 6) is 0.904. The van der Waals surface area contributed by atoms with E-state index in [9.17, 15) is 4.79 Å². The zero-order valence-electron chi connectivity index (χ0n) is 17.0. The number of amides is 1. The van der Waals surface area contributed by atoms with Gasteiger partial charge >= 0.3 is 0 Å². The van der Waals surface area contributed by atoms with E-state index >= 15 is 0 Å². The van der Waals surface area contributed by atoms with Crippen LogP contribution in [0.5, 0.6) is 0 Å². The maximum Gasteiger partial charge on any atom is 0.257 e. The molecule has 0 bridgehead atoms. The fourth-order valence-corrected chi connectivity index (χ4v) is 3.57. The van der Waals surface area contributed by atoms with Crippen LogP contribution < -0.4 is 10.2 Å². The molecule has 9 heteroatoms. The van der Waals surface area contributed by atoms with Crippen molar-refractivity contribution in [2.75, 3.05) is 36.5 Å². The SMILES string of the molecule is Cn1cc(-c2ccc3nnc(NC(=O)c4ccnc(N5CCOCC5)c4)cc3c2)cn1. The normalized spacial score (nSPS) is 14.0. The highest BCUT2D eigenvalue weighted by molar-refractivity contribution is 6.04. The molecule has 31 heavy (non-hydrogen) atoms. The lowest BCUT2D eigenvalue weighted by Gasteiger charge is -2.27. The number of morpholine rings is 1. The van der Waals surface area contributed by atoms with Crippen LogP contribution in [0.15, 0.2) is 55.0 Å². The van der Waals surface area contributed by atoms with Gasteiger partial charge in [-0.05, 0) is 35.9 Å². The number of aromatic nitrogens is 5. The van der Waals surface area contributed by atoms with Crippen molar-refractivity contribution in [1.82, 2.24) is 25.0 Å². The van der Waals surface area contributed by atoms with Crippen molar-refractivity contribution in [3.05, 3.63) is 60.6 Å². The third-order valence-electron chi connectivity index (χ3n) is 5.21. The standard InChI is InChI=1S/C22H21N7O2/c1-28-14-18(13-24-28)15-2-3-19-17(10-15)11-20(27-26-19)25-22(30)16-4-5-23-21(12-16)29-6-8-31-9-7-29/h2-5,10-14H,6-9H2,1H3,(H,25,27,30). The van der Waals surface area contributed by atoms with Crippen LogP contribution in [0, 0.1) is 0 Å². The molecule has 156 valence electrons. The molecule has 0 aliphatic carbocycles. The zero-order chi connectivity index (χ0) is 21.2. The molecule has 1 amide bonds. The van der Waals surface area contributed by atoms with Crippen molar-refractivity contribution in [1.29, 1.82) is 0 Å². The maximum absolute atomic E-state index is 12.8. The third-order valence-corrected chi connectivity index (χ3v) is 5.21. The van der Waals surface area contributed by atoms with Crippen LogP contribution in [-0.2, 0) is 11.8 Å². The topological polar surface area (TPSA) is 98.1 Å². The Labute approximate surface area is 178 Å². The number of nitrogens with one attached hydrogen (secondary N) is 1. The first-order chi connectivity index (χ1) is 15.2. The second-order valence-electron chi connectivity index (χ2n) is 7.36. The largest absolute Gasteiger partial charge is 0.378 e. The monoisotopic (exact) mass is 415 g/mol. The predicted molar refractivity (Wildman–Crippen MR) is 117 cm³/mol. The van der Waals surface area contributed by atoms with Crippen molar-refractivity contribution in [2.45, 2.75) is 0 Å². The summed E-state index contributed by atoms with van der Waals surface area (Å²) < 4.78 is 7.14. The van der Waals surface area contributed by atoms with Gasteiger partial charge < -0.3 is 15.0 Å². The molecule has 0 spiro atoms. The molecule has 1 aliphatic heterocycles. The first-order valence-corrected chi connectivity index (χ1v) is 10.0. The Morgan fingerprint density at radius 3 is 2.74 bits per heavy atom. The van der Waals surface area contributed by atoms with Crippen molar-refractivity contribution >= 4 is 28.4 Å². The maximum atomic E-state index is 12.8. The number of fused-ring (bicyclic) bond motifs is 1. The molecule has 4 aromatic rings. The summed E-state index contributed by atoms with van der Waals surface area (Å²) in [5.41, 5.74) is 3.31. The lowest BCUT2D eigenvalue weighted by Crippen LogP contribution is -2.36. The van der Waals surface area contributed by atoms with Crippen molar-refractivity contribution in [2.24, 2.45) is 7.05 Å². The van der Waals surface area contributed by atoms with Gasteiger partial charge in [0.1, 0.15) is 5.82 Å². The van der Waals surface area contributed by atoms with Gasteiger partial charge in [0.25, 0.3) is 5.91 Å². The number of carbonyl (C=O) groups is 1. The smallest absolute Gasteiger partial charge is 0.257 e. The number of pyridine rings is 1. The van der Waals surface area contributed by atoms with Gasteiger partial charge in [-0.2, -0.15) is 5.10 Å². The molecule has 0 saturated carbocycles. The highest BCUT2D eigenvalue weighted by Crippen LogP contribution is 2.24. The average molecular weight is 415 g/mol. The molecule has 4 heterocycles. The highest BCUT2D eigenvalue weighted by Gasteiger charge is 2.15. The van der Waals surface area contributed by atoms with Gasteiger partial charge in [-0.3, -0.25) is 9.48 Å². The first kappa shape index (κ1) is 19.1. The molecule has 9 nitrogen and oxygen atoms in total. The van der Waals surface area contributed by atoms with Gasteiger partial charge in [0.15, 0.2) is 5.82 Å². The van der Waals surface area contributed by atoms with E-state index in [2.05, 4.69) is 30.5 Å². The number of hydrogen-bond acceptors (Lipinski definition) is 7. The lowest BCUT2D eigenvalue weighted by atomic mass is 10.1. The highest BCUT2D eigenvalue weighted by atomic mass is 16.5. The number of rotatable bonds is 4. The van der Waals surface area contributed by atoms with Gasteiger partial charge in [0, 0.05) is 49.0 Å². The number of carbonyl (C=O) groups excluding carboxylic acids is 1. The fraction of sp³-hybridized carbons (Fsp3) is 0.227. The Kier molecular flexibility index (Phi) is 5.01. The Morgan fingerprint density at radius 2 is 1.94 bits per heavy atom. The number of nitrogens with zero attached hydrogens (tertiary/aromatic N) is 6. The van der Waals surface area contributed by atoms with Gasteiger partial charge in [0.2, 0.25) is 0 Å². The molecule has 3 aromatic heterocycles. The molecule has 1 N–H and O–H groups in total. The summed E-state index contributed by atoms with van der Waals surface area (Å²) >= 11 is 0. The minimum Gasteiger partial charge on any atom is -0.378 e. The number of aryl methyl sites for hydroxylation is 1. The van der Waals surface area contributed by atoms with Crippen LogP contribution >= 0.6 is 0 Å². The summed E-state index contributed by atoms with van der Waals surface area (Å²) in [4.78, 5) is 19.3. The molecule has 1 aromatic carbocycles. The average Bonchev–Trinajstić information content (AvgIpc) is 3.25. The second kappa shape index (κ2) is 8.11. The number of anilines is 2. The summed E-state index contributed by atoms with van der Waals surface area (Å²) in [6.45, 7) is 2.83. The number of ether oxygens (including phenoxy) is 1. The Bertz CT molecular complexity index is 1250. The van der Waals surface area contributed by atoms with Crippen LogP contribution in [0.3, 0.4) is 0 Å². The van der Waals surface area contributed by atoms with E-state index in [1.165, 1.54) is 0 Å². The first-order valence-electron chi connectivity index (χ1n) is 10.0. The Hall–Kier alpha value is -3.85. The van der Waals surface area contributed by atoms with Crippen LogP contribution in [0.25, 0.3) is 22.0 Å². The minimum atomic E-state index is -0.256. The quantitative estimate of drug-likeness (QED) is 0.547. The summed E-state index contributed by atoms with van der Waals surface area (Å²) in [5, 5.41) is 16.3. The van der Waals surface area contributed by atoms with Gasteiger partial charge in [-0.25, -0.2) is 4.98 Å². The van der Waals surface area contributed by atoms with E-state index in [4.69, 9.17) is 4.74 Å². The fourth-order valence-electron chi connectivity index (χ4n) is 3.57. The lowest BCUT2D eigenvalue weighted by molar-refractivity contribution is 0.102. The molecule has 0 atom stereocenters. The summed E-state index contributed by atoms with van der Waals surface area (Å²) in [6, 6.07) is 11.2. The molecule has 1 aliphatic rings. The molecule has 0 radical (unpaired) electrons. The third kappa shape index (κ3) is 4.08. The molecule has 1 saturated heterocycles. The van der Waals surface area contributed by atoms with E-state index in [0.29, 0.717) is 24.6 Å². The van der Waals surface area contributed by atoms with Crippen molar-refractivity contribution in [3.63, 3.8) is 0 Å². The number of hydrogen-bond donors (Lipinski definition) is 1. The molecule has 0 unspecified atom stereocenters. The molecule has 1 fully saturated rings. The van der Waals surface area contributed by atoms with E-state index < -0.39 is 0 Å². The molecular formula is C22H21N7O2. The van der Waals surface area contributed by atoms with Crippen LogP contribution in [-0.4, -0.2) is 57.2 Å². The van der Waals surface area contributed by atoms with Gasteiger partial charge in [-0.1, -0.05) is 6.07 Å². The van der Waals surface area contributed by atoms with E-state index in [-0.39, 0.29) is 5.91 Å². The van der Waals surface area contributed by atoms with Crippen molar-refractivity contribution in [3.8, 4) is 11.1 Å². The second-order valence-corrected chi connectivity index (χ2v) is 7.36. The van der Waals surface area contributed by atoms with Crippen LogP contribution in [0.4, 0.5) is 11.6 Å². The Balaban J connectivity index is 1.37.